The van der Waals surface area contributed by atoms with Crippen LogP contribution in [0.5, 0.6) is 0 Å². The van der Waals surface area contributed by atoms with Crippen molar-refractivity contribution in [3.8, 4) is 0 Å². The number of halogens is 1. The molecule has 0 aliphatic carbocycles. The molecular formula is C18H19BrN4S. The van der Waals surface area contributed by atoms with Gasteiger partial charge in [-0.3, -0.25) is 4.68 Å². The topological polar surface area (TPSA) is 41.9 Å². The normalized spacial score (nSPS) is 10.8. The fraction of sp³-hybridized carbons (Fsp3) is 0.222. The number of rotatable bonds is 5. The van der Waals surface area contributed by atoms with Crippen LogP contribution < -0.4 is 10.6 Å². The van der Waals surface area contributed by atoms with Crippen molar-refractivity contribution in [2.75, 3.05) is 11.9 Å². The van der Waals surface area contributed by atoms with Crippen molar-refractivity contribution in [1.82, 2.24) is 15.1 Å². The Balaban J connectivity index is 1.50. The lowest BCUT2D eigenvalue weighted by atomic mass is 10.1. The third kappa shape index (κ3) is 4.13. The Morgan fingerprint density at radius 2 is 2.00 bits per heavy atom. The van der Waals surface area contributed by atoms with E-state index in [0.29, 0.717) is 5.11 Å². The first-order chi connectivity index (χ1) is 11.6. The van der Waals surface area contributed by atoms with E-state index >= 15 is 0 Å². The fourth-order valence-corrected chi connectivity index (χ4v) is 3.08. The minimum atomic E-state index is 0.643. The van der Waals surface area contributed by atoms with Gasteiger partial charge in [-0.2, -0.15) is 5.10 Å². The highest BCUT2D eigenvalue weighted by Gasteiger charge is 2.03. The molecular weight excluding hydrogens is 384 g/mol. The molecule has 0 radical (unpaired) electrons. The Bertz CT molecular complexity index is 834. The van der Waals surface area contributed by atoms with E-state index in [1.54, 1.807) is 0 Å². The first kappa shape index (κ1) is 16.9. The zero-order valence-electron chi connectivity index (χ0n) is 13.4. The van der Waals surface area contributed by atoms with E-state index in [2.05, 4.69) is 49.9 Å². The van der Waals surface area contributed by atoms with Gasteiger partial charge in [0.2, 0.25) is 0 Å². The number of aryl methyl sites for hydroxylation is 2. The predicted octanol–water partition coefficient (Wildman–Crippen LogP) is 4.48. The van der Waals surface area contributed by atoms with Crippen LogP contribution in [0.4, 0.5) is 5.69 Å². The Kier molecular flexibility index (Phi) is 5.48. The van der Waals surface area contributed by atoms with Gasteiger partial charge in [-0.1, -0.05) is 36.4 Å². The molecule has 0 amide bonds. The summed E-state index contributed by atoms with van der Waals surface area (Å²) in [5, 5.41) is 14.0. The van der Waals surface area contributed by atoms with Crippen LogP contribution in [0.15, 0.2) is 53.1 Å². The van der Waals surface area contributed by atoms with Crippen molar-refractivity contribution < 1.29 is 0 Å². The third-order valence-corrected chi connectivity index (χ3v) is 4.80. The SMILES string of the molecule is Cc1nn(CCCNC(=S)Nc2cccc3ccccc23)cc1Br. The number of nitrogens with one attached hydrogen (secondary N) is 2. The zero-order chi connectivity index (χ0) is 16.9. The predicted molar refractivity (Wildman–Crippen MR) is 107 cm³/mol. The molecule has 0 saturated carbocycles. The van der Waals surface area contributed by atoms with Crippen LogP contribution >= 0.6 is 28.1 Å². The number of fused-ring (bicyclic) bond motifs is 1. The monoisotopic (exact) mass is 402 g/mol. The molecule has 2 aromatic carbocycles. The van der Waals surface area contributed by atoms with E-state index in [0.717, 1.165) is 35.4 Å². The second-order valence-electron chi connectivity index (χ2n) is 5.59. The van der Waals surface area contributed by atoms with Crippen LogP contribution in [0.2, 0.25) is 0 Å². The second-order valence-corrected chi connectivity index (χ2v) is 6.85. The van der Waals surface area contributed by atoms with Gasteiger partial charge in [0, 0.05) is 30.4 Å². The lowest BCUT2D eigenvalue weighted by Crippen LogP contribution is -2.29. The lowest BCUT2D eigenvalue weighted by molar-refractivity contribution is 0.570. The molecule has 6 heteroatoms. The minimum Gasteiger partial charge on any atom is -0.362 e. The Labute approximate surface area is 155 Å². The molecule has 0 bridgehead atoms. The Hall–Kier alpha value is -1.92. The summed E-state index contributed by atoms with van der Waals surface area (Å²) >= 11 is 8.88. The fourth-order valence-electron chi connectivity index (χ4n) is 2.55. The summed E-state index contributed by atoms with van der Waals surface area (Å²) in [7, 11) is 0. The Morgan fingerprint density at radius 1 is 1.21 bits per heavy atom. The van der Waals surface area contributed by atoms with E-state index in [9.17, 15) is 0 Å². The van der Waals surface area contributed by atoms with Gasteiger partial charge >= 0.3 is 0 Å². The Morgan fingerprint density at radius 3 is 2.79 bits per heavy atom. The number of hydrogen-bond donors (Lipinski definition) is 2. The molecule has 0 aliphatic heterocycles. The highest BCUT2D eigenvalue weighted by atomic mass is 79.9. The number of aromatic nitrogens is 2. The summed E-state index contributed by atoms with van der Waals surface area (Å²) in [5.41, 5.74) is 2.04. The summed E-state index contributed by atoms with van der Waals surface area (Å²) in [6.45, 7) is 3.64. The van der Waals surface area contributed by atoms with Gasteiger partial charge in [-0.15, -0.1) is 0 Å². The van der Waals surface area contributed by atoms with Crippen LogP contribution in [0.25, 0.3) is 10.8 Å². The first-order valence-corrected chi connectivity index (χ1v) is 9.06. The van der Waals surface area contributed by atoms with Crippen molar-refractivity contribution >= 4 is 49.7 Å². The lowest BCUT2D eigenvalue weighted by Gasteiger charge is -2.12. The van der Waals surface area contributed by atoms with Gasteiger partial charge in [0.15, 0.2) is 5.11 Å². The minimum absolute atomic E-state index is 0.643. The van der Waals surface area contributed by atoms with E-state index in [1.165, 1.54) is 10.8 Å². The molecule has 0 aliphatic rings. The van der Waals surface area contributed by atoms with Crippen LogP contribution in [0.3, 0.4) is 0 Å². The molecule has 4 nitrogen and oxygen atoms in total. The molecule has 3 rings (SSSR count). The van der Waals surface area contributed by atoms with Crippen molar-refractivity contribution in [2.24, 2.45) is 0 Å². The molecule has 0 unspecified atom stereocenters. The molecule has 124 valence electrons. The average molecular weight is 403 g/mol. The molecule has 0 spiro atoms. The number of hydrogen-bond acceptors (Lipinski definition) is 2. The summed E-state index contributed by atoms with van der Waals surface area (Å²) < 4.78 is 2.99. The highest BCUT2D eigenvalue weighted by molar-refractivity contribution is 9.10. The van der Waals surface area contributed by atoms with Crippen LogP contribution in [0.1, 0.15) is 12.1 Å². The summed E-state index contributed by atoms with van der Waals surface area (Å²) in [6.07, 6.45) is 2.95. The molecule has 0 fully saturated rings. The van der Waals surface area contributed by atoms with E-state index in [1.807, 2.05) is 42.1 Å². The summed E-state index contributed by atoms with van der Waals surface area (Å²) in [4.78, 5) is 0. The van der Waals surface area contributed by atoms with Gasteiger partial charge in [-0.25, -0.2) is 0 Å². The average Bonchev–Trinajstić information content (AvgIpc) is 2.90. The maximum absolute atomic E-state index is 5.40. The van der Waals surface area contributed by atoms with Gasteiger partial charge in [0.1, 0.15) is 0 Å². The maximum atomic E-state index is 5.40. The highest BCUT2D eigenvalue weighted by Crippen LogP contribution is 2.22. The first-order valence-electron chi connectivity index (χ1n) is 7.85. The number of nitrogens with zero attached hydrogens (tertiary/aromatic N) is 2. The van der Waals surface area contributed by atoms with Crippen molar-refractivity contribution in [3.05, 3.63) is 58.8 Å². The molecule has 0 saturated heterocycles. The molecule has 24 heavy (non-hydrogen) atoms. The van der Waals surface area contributed by atoms with E-state index < -0.39 is 0 Å². The quantitative estimate of drug-likeness (QED) is 0.487. The molecule has 2 N–H and O–H groups in total. The van der Waals surface area contributed by atoms with Gasteiger partial charge in [-0.05, 0) is 52.9 Å². The molecule has 3 aromatic rings. The van der Waals surface area contributed by atoms with Gasteiger partial charge < -0.3 is 10.6 Å². The summed E-state index contributed by atoms with van der Waals surface area (Å²) in [5.74, 6) is 0. The van der Waals surface area contributed by atoms with Crippen LogP contribution in [0, 0.1) is 6.92 Å². The molecule has 1 heterocycles. The van der Waals surface area contributed by atoms with Crippen molar-refractivity contribution in [1.29, 1.82) is 0 Å². The van der Waals surface area contributed by atoms with Gasteiger partial charge in [0.05, 0.1) is 10.2 Å². The largest absolute Gasteiger partial charge is 0.362 e. The number of benzene rings is 2. The van der Waals surface area contributed by atoms with Gasteiger partial charge in [0.25, 0.3) is 0 Å². The van der Waals surface area contributed by atoms with Crippen molar-refractivity contribution in [3.63, 3.8) is 0 Å². The summed E-state index contributed by atoms with van der Waals surface area (Å²) in [6, 6.07) is 14.4. The van der Waals surface area contributed by atoms with Crippen LogP contribution in [-0.4, -0.2) is 21.4 Å². The standard InChI is InChI=1S/C18H19BrN4S/c1-13-16(19)12-23(22-13)11-5-10-20-18(24)21-17-9-4-7-14-6-2-3-8-15(14)17/h2-4,6-9,12H,5,10-11H2,1H3,(H2,20,21,24). The smallest absolute Gasteiger partial charge is 0.170 e. The maximum Gasteiger partial charge on any atom is 0.170 e. The van der Waals surface area contributed by atoms with Crippen molar-refractivity contribution in [2.45, 2.75) is 19.9 Å². The van der Waals surface area contributed by atoms with Crippen LogP contribution in [-0.2, 0) is 6.54 Å². The molecule has 1 aromatic heterocycles. The number of thiocarbonyl (C=S) groups is 1. The second kappa shape index (κ2) is 7.77. The molecule has 0 atom stereocenters. The zero-order valence-corrected chi connectivity index (χ0v) is 15.8. The van der Waals surface area contributed by atoms with E-state index in [4.69, 9.17) is 12.2 Å². The third-order valence-electron chi connectivity index (χ3n) is 3.77. The number of anilines is 1. The van der Waals surface area contributed by atoms with E-state index in [-0.39, 0.29) is 0 Å².